The molecule has 2 atom stereocenters. The number of likely N-dealkylation sites (tertiary alicyclic amines) is 1. The van der Waals surface area contributed by atoms with Crippen molar-refractivity contribution in [3.8, 4) is 0 Å². The molecule has 1 heterocycles. The molecule has 0 N–H and O–H groups in total. The van der Waals surface area contributed by atoms with Gasteiger partial charge in [0.05, 0.1) is 15.5 Å². The number of hydrogen-bond donors (Lipinski definition) is 0. The van der Waals surface area contributed by atoms with Gasteiger partial charge in [0.2, 0.25) is 0 Å². The van der Waals surface area contributed by atoms with Gasteiger partial charge in [-0.25, -0.2) is 8.42 Å². The van der Waals surface area contributed by atoms with Crippen LogP contribution in [0.25, 0.3) is 0 Å². The van der Waals surface area contributed by atoms with Crippen LogP contribution in [-0.2, 0) is 9.84 Å². The van der Waals surface area contributed by atoms with Crippen molar-refractivity contribution >= 4 is 27.3 Å². The van der Waals surface area contributed by atoms with Crippen LogP contribution in [0.2, 0.25) is 5.02 Å². The van der Waals surface area contributed by atoms with Crippen molar-refractivity contribution in [1.82, 2.24) is 9.80 Å². The van der Waals surface area contributed by atoms with Crippen molar-refractivity contribution in [2.45, 2.75) is 17.9 Å². The van der Waals surface area contributed by atoms with Gasteiger partial charge in [-0.1, -0.05) is 18.5 Å². The van der Waals surface area contributed by atoms with Crippen molar-refractivity contribution in [3.63, 3.8) is 0 Å². The summed E-state index contributed by atoms with van der Waals surface area (Å²) in [6.45, 7) is 3.36. The predicted octanol–water partition coefficient (Wildman–Crippen LogP) is 1.77. The molecule has 0 bridgehead atoms. The van der Waals surface area contributed by atoms with E-state index < -0.39 is 9.84 Å². The van der Waals surface area contributed by atoms with Crippen LogP contribution in [-0.4, -0.2) is 63.6 Å². The quantitative estimate of drug-likeness (QED) is 0.838. The molecule has 122 valence electrons. The van der Waals surface area contributed by atoms with Crippen molar-refractivity contribution in [3.05, 3.63) is 28.8 Å². The van der Waals surface area contributed by atoms with Gasteiger partial charge in [0.15, 0.2) is 9.84 Å². The third kappa shape index (κ3) is 3.45. The Bertz CT molecular complexity index is 688. The van der Waals surface area contributed by atoms with E-state index in [0.29, 0.717) is 25.0 Å². The molecule has 7 heteroatoms. The topological polar surface area (TPSA) is 57.7 Å². The zero-order chi connectivity index (χ0) is 16.7. The summed E-state index contributed by atoms with van der Waals surface area (Å²) in [6.07, 6.45) is 1.12. The van der Waals surface area contributed by atoms with E-state index in [1.165, 1.54) is 18.2 Å². The van der Waals surface area contributed by atoms with Gasteiger partial charge in [0, 0.05) is 25.4 Å². The second kappa shape index (κ2) is 6.18. The van der Waals surface area contributed by atoms with E-state index in [1.807, 2.05) is 14.1 Å². The van der Waals surface area contributed by atoms with Gasteiger partial charge >= 0.3 is 0 Å². The summed E-state index contributed by atoms with van der Waals surface area (Å²) >= 11 is 6.10. The molecule has 1 aromatic carbocycles. The molecule has 1 aromatic rings. The first kappa shape index (κ1) is 17.2. The Morgan fingerprint density at radius 1 is 1.32 bits per heavy atom. The van der Waals surface area contributed by atoms with E-state index in [-0.39, 0.29) is 21.4 Å². The fourth-order valence-electron chi connectivity index (χ4n) is 2.86. The molecule has 0 saturated carbocycles. The monoisotopic (exact) mass is 344 g/mol. The molecule has 1 saturated heterocycles. The molecule has 5 nitrogen and oxygen atoms in total. The third-order valence-corrected chi connectivity index (χ3v) is 5.56. The Hall–Kier alpha value is -1.11. The average molecular weight is 345 g/mol. The van der Waals surface area contributed by atoms with Crippen molar-refractivity contribution in [1.29, 1.82) is 0 Å². The Morgan fingerprint density at radius 2 is 1.95 bits per heavy atom. The highest BCUT2D eigenvalue weighted by molar-refractivity contribution is 7.90. The van der Waals surface area contributed by atoms with Gasteiger partial charge in [-0.3, -0.25) is 4.79 Å². The molecule has 1 fully saturated rings. The van der Waals surface area contributed by atoms with Crippen LogP contribution in [0, 0.1) is 5.92 Å². The van der Waals surface area contributed by atoms with Crippen LogP contribution in [0.3, 0.4) is 0 Å². The molecule has 1 aliphatic heterocycles. The summed E-state index contributed by atoms with van der Waals surface area (Å²) in [5.41, 5.74) is 0.246. The first-order valence-corrected chi connectivity index (χ1v) is 9.33. The molecule has 0 aliphatic carbocycles. The summed E-state index contributed by atoms with van der Waals surface area (Å²) < 4.78 is 23.3. The predicted molar refractivity (Wildman–Crippen MR) is 87.1 cm³/mol. The smallest absolute Gasteiger partial charge is 0.255 e. The van der Waals surface area contributed by atoms with E-state index in [2.05, 4.69) is 11.8 Å². The minimum Gasteiger partial charge on any atom is -0.337 e. The first-order chi connectivity index (χ1) is 10.1. The van der Waals surface area contributed by atoms with Gasteiger partial charge < -0.3 is 9.80 Å². The molecule has 1 amide bonds. The van der Waals surface area contributed by atoms with Crippen LogP contribution in [0.5, 0.6) is 0 Å². The lowest BCUT2D eigenvalue weighted by molar-refractivity contribution is 0.0781. The van der Waals surface area contributed by atoms with Gasteiger partial charge in [-0.15, -0.1) is 0 Å². The lowest BCUT2D eigenvalue weighted by Crippen LogP contribution is -2.35. The molecular formula is C15H21ClN2O3S. The number of amides is 1. The highest BCUT2D eigenvalue weighted by atomic mass is 35.5. The summed E-state index contributed by atoms with van der Waals surface area (Å²) in [5.74, 6) is 0.141. The zero-order valence-corrected chi connectivity index (χ0v) is 14.8. The van der Waals surface area contributed by atoms with Crippen LogP contribution in [0.15, 0.2) is 23.1 Å². The summed E-state index contributed by atoms with van der Waals surface area (Å²) in [5, 5.41) is 0.276. The lowest BCUT2D eigenvalue weighted by Gasteiger charge is -2.22. The van der Waals surface area contributed by atoms with Gasteiger partial charge in [0.1, 0.15) is 0 Å². The number of sulfone groups is 1. The van der Waals surface area contributed by atoms with Crippen LogP contribution >= 0.6 is 11.6 Å². The molecule has 2 rings (SSSR count). The van der Waals surface area contributed by atoms with Gasteiger partial charge in [0.25, 0.3) is 5.91 Å². The minimum absolute atomic E-state index is 0.108. The Kier molecular flexibility index (Phi) is 4.84. The number of nitrogens with zero attached hydrogens (tertiary/aromatic N) is 2. The van der Waals surface area contributed by atoms with Gasteiger partial charge in [-0.05, 0) is 38.2 Å². The van der Waals surface area contributed by atoms with E-state index in [1.54, 1.807) is 4.90 Å². The highest BCUT2D eigenvalue weighted by Gasteiger charge is 2.34. The van der Waals surface area contributed by atoms with Crippen molar-refractivity contribution in [2.24, 2.45) is 5.92 Å². The lowest BCUT2D eigenvalue weighted by atomic mass is 10.1. The fourth-order valence-corrected chi connectivity index (χ4v) is 3.70. The summed E-state index contributed by atoms with van der Waals surface area (Å²) in [4.78, 5) is 16.6. The Labute approximate surface area is 136 Å². The van der Waals surface area contributed by atoms with E-state index in [0.717, 1.165) is 6.26 Å². The largest absolute Gasteiger partial charge is 0.337 e. The van der Waals surface area contributed by atoms with Gasteiger partial charge in [-0.2, -0.15) is 0 Å². The first-order valence-electron chi connectivity index (χ1n) is 7.06. The molecule has 1 aliphatic rings. The maximum absolute atomic E-state index is 12.7. The number of benzene rings is 1. The maximum Gasteiger partial charge on any atom is 0.255 e. The van der Waals surface area contributed by atoms with Crippen LogP contribution < -0.4 is 0 Å². The van der Waals surface area contributed by atoms with E-state index in [4.69, 9.17) is 11.6 Å². The zero-order valence-electron chi connectivity index (χ0n) is 13.2. The normalized spacial score (nSPS) is 22.4. The number of halogens is 1. The minimum atomic E-state index is -3.37. The third-order valence-electron chi connectivity index (χ3n) is 4.12. The molecule has 0 radical (unpaired) electrons. The highest BCUT2D eigenvalue weighted by Crippen LogP contribution is 2.26. The molecular weight excluding hydrogens is 324 g/mol. The van der Waals surface area contributed by atoms with E-state index in [9.17, 15) is 13.2 Å². The molecule has 0 unspecified atom stereocenters. The second-order valence-corrected chi connectivity index (χ2v) is 8.56. The Balaban J connectivity index is 2.31. The standard InChI is InChI=1S/C15H21ClN2O3S/c1-10-8-18(9-14(10)17(2)3)15(19)12-7-11(22(4,20)21)5-6-13(12)16/h5-7,10,14H,8-9H2,1-4H3/t10-,14-/m0/s1. The molecule has 0 spiro atoms. The number of hydrogen-bond acceptors (Lipinski definition) is 4. The SMILES string of the molecule is C[C@H]1CN(C(=O)c2cc(S(C)(=O)=O)ccc2Cl)C[C@@H]1N(C)C. The van der Waals surface area contributed by atoms with Crippen molar-refractivity contribution in [2.75, 3.05) is 33.4 Å². The summed E-state index contributed by atoms with van der Waals surface area (Å²) in [7, 11) is 0.613. The maximum atomic E-state index is 12.7. The number of rotatable bonds is 3. The van der Waals surface area contributed by atoms with Crippen LogP contribution in [0.1, 0.15) is 17.3 Å². The number of likely N-dealkylation sites (N-methyl/N-ethyl adjacent to an activating group) is 1. The Morgan fingerprint density at radius 3 is 2.45 bits per heavy atom. The number of carbonyl (C=O) groups excluding carboxylic acids is 1. The van der Waals surface area contributed by atoms with Crippen LogP contribution in [0.4, 0.5) is 0 Å². The van der Waals surface area contributed by atoms with E-state index >= 15 is 0 Å². The number of carbonyl (C=O) groups is 1. The fraction of sp³-hybridized carbons (Fsp3) is 0.533. The summed E-state index contributed by atoms with van der Waals surface area (Å²) in [6, 6.07) is 4.55. The molecule has 0 aromatic heterocycles. The molecule has 22 heavy (non-hydrogen) atoms. The average Bonchev–Trinajstić information content (AvgIpc) is 2.79. The second-order valence-electron chi connectivity index (χ2n) is 6.13. The van der Waals surface area contributed by atoms with Crippen molar-refractivity contribution < 1.29 is 13.2 Å².